The van der Waals surface area contributed by atoms with Gasteiger partial charge in [-0.3, -0.25) is 4.79 Å². The van der Waals surface area contributed by atoms with Gasteiger partial charge in [0, 0.05) is 24.9 Å². The summed E-state index contributed by atoms with van der Waals surface area (Å²) in [6.07, 6.45) is 0. The number of Topliss-reactive ketones (excluding diaryl/α,β-unsaturated/α-hetero) is 1. The fraction of sp³-hybridized carbons (Fsp3) is 0.381. The summed E-state index contributed by atoms with van der Waals surface area (Å²) in [5, 5.41) is 0.771. The Morgan fingerprint density at radius 3 is 2.72 bits per heavy atom. The molecule has 29 heavy (non-hydrogen) atoms. The van der Waals surface area contributed by atoms with Crippen LogP contribution in [-0.2, 0) is 16.0 Å². The van der Waals surface area contributed by atoms with E-state index in [-0.39, 0.29) is 18.1 Å². The van der Waals surface area contributed by atoms with Crippen molar-refractivity contribution in [1.29, 1.82) is 0 Å². The zero-order valence-corrected chi connectivity index (χ0v) is 17.9. The normalized spacial score (nSPS) is 11.2. The number of H-pyrrole nitrogens is 1. The first kappa shape index (κ1) is 21.1. The van der Waals surface area contributed by atoms with Gasteiger partial charge < -0.3 is 19.0 Å². The van der Waals surface area contributed by atoms with E-state index in [0.29, 0.717) is 35.7 Å². The molecule has 3 rings (SSSR count). The number of esters is 1. The van der Waals surface area contributed by atoms with Crippen LogP contribution in [0.2, 0.25) is 0 Å². The van der Waals surface area contributed by atoms with Gasteiger partial charge in [0.15, 0.2) is 10.9 Å². The predicted molar refractivity (Wildman–Crippen MR) is 113 cm³/mol. The SMILES string of the molecule is CCOC(=O)c1[nH]c(C)c(C(=O)CSc2nc3ccccc3n2CCOC)c1C. The Hall–Kier alpha value is -2.58. The van der Waals surface area contributed by atoms with Gasteiger partial charge >= 0.3 is 5.97 Å². The zero-order chi connectivity index (χ0) is 21.0. The van der Waals surface area contributed by atoms with Crippen LogP contribution in [0.15, 0.2) is 29.4 Å². The van der Waals surface area contributed by atoms with E-state index >= 15 is 0 Å². The van der Waals surface area contributed by atoms with E-state index < -0.39 is 5.97 Å². The Kier molecular flexibility index (Phi) is 6.76. The number of ketones is 1. The second-order valence-electron chi connectivity index (χ2n) is 6.58. The molecule has 0 aliphatic heterocycles. The quantitative estimate of drug-likeness (QED) is 0.325. The van der Waals surface area contributed by atoms with Gasteiger partial charge in [-0.15, -0.1) is 0 Å². The van der Waals surface area contributed by atoms with E-state index in [1.54, 1.807) is 27.9 Å². The number of hydrogen-bond donors (Lipinski definition) is 1. The van der Waals surface area contributed by atoms with Crippen LogP contribution in [0, 0.1) is 13.8 Å². The van der Waals surface area contributed by atoms with Gasteiger partial charge in [0.2, 0.25) is 0 Å². The highest BCUT2D eigenvalue weighted by Crippen LogP contribution is 2.27. The molecule has 0 unspecified atom stereocenters. The van der Waals surface area contributed by atoms with Crippen molar-refractivity contribution in [3.8, 4) is 0 Å². The summed E-state index contributed by atoms with van der Waals surface area (Å²) < 4.78 is 12.3. The van der Waals surface area contributed by atoms with E-state index in [1.807, 2.05) is 24.3 Å². The van der Waals surface area contributed by atoms with Crippen LogP contribution in [0.5, 0.6) is 0 Å². The van der Waals surface area contributed by atoms with Crippen LogP contribution >= 0.6 is 11.8 Å². The predicted octanol–water partition coefficient (Wildman–Crippen LogP) is 3.78. The van der Waals surface area contributed by atoms with E-state index in [9.17, 15) is 9.59 Å². The number of rotatable bonds is 9. The maximum Gasteiger partial charge on any atom is 0.355 e. The van der Waals surface area contributed by atoms with Crippen molar-refractivity contribution in [2.45, 2.75) is 32.5 Å². The first-order valence-corrected chi connectivity index (χ1v) is 10.4. The van der Waals surface area contributed by atoms with Crippen LogP contribution in [0.25, 0.3) is 11.0 Å². The number of carbonyl (C=O) groups is 2. The lowest BCUT2D eigenvalue weighted by Gasteiger charge is -2.08. The summed E-state index contributed by atoms with van der Waals surface area (Å²) in [5.41, 5.74) is 4.07. The summed E-state index contributed by atoms with van der Waals surface area (Å²) in [7, 11) is 1.66. The minimum atomic E-state index is -0.443. The number of benzene rings is 1. The maximum absolute atomic E-state index is 12.9. The Labute approximate surface area is 173 Å². The Bertz CT molecular complexity index is 1040. The number of hydrogen-bond acceptors (Lipinski definition) is 6. The lowest BCUT2D eigenvalue weighted by atomic mass is 10.1. The monoisotopic (exact) mass is 415 g/mol. The molecule has 2 aromatic heterocycles. The molecule has 0 fully saturated rings. The minimum absolute atomic E-state index is 0.0536. The van der Waals surface area contributed by atoms with Crippen molar-refractivity contribution in [3.05, 3.63) is 46.8 Å². The fourth-order valence-corrected chi connectivity index (χ4v) is 4.25. The lowest BCUT2D eigenvalue weighted by Crippen LogP contribution is -2.10. The number of carbonyl (C=O) groups excluding carboxylic acids is 2. The van der Waals surface area contributed by atoms with Crippen molar-refractivity contribution in [2.75, 3.05) is 26.1 Å². The first-order valence-electron chi connectivity index (χ1n) is 9.44. The standard InChI is InChI=1S/C21H25N3O4S/c1-5-28-20(26)19-13(2)18(14(3)22-19)17(25)12-29-21-23-15-8-6-7-9-16(15)24(21)10-11-27-4/h6-9,22H,5,10-12H2,1-4H3. The molecule has 0 amide bonds. The molecular weight excluding hydrogens is 390 g/mol. The third kappa shape index (κ3) is 4.38. The molecule has 1 aromatic carbocycles. The second kappa shape index (κ2) is 9.28. The van der Waals surface area contributed by atoms with Gasteiger partial charge in [0.05, 0.1) is 30.0 Å². The van der Waals surface area contributed by atoms with Crippen LogP contribution in [0.3, 0.4) is 0 Å². The number of fused-ring (bicyclic) bond motifs is 1. The van der Waals surface area contributed by atoms with Gasteiger partial charge in [-0.05, 0) is 38.5 Å². The average molecular weight is 416 g/mol. The van der Waals surface area contributed by atoms with Gasteiger partial charge in [-0.25, -0.2) is 9.78 Å². The van der Waals surface area contributed by atoms with Crippen LogP contribution < -0.4 is 0 Å². The lowest BCUT2D eigenvalue weighted by molar-refractivity contribution is 0.0519. The number of nitrogens with one attached hydrogen (secondary N) is 1. The summed E-state index contributed by atoms with van der Waals surface area (Å²) in [6, 6.07) is 7.88. The second-order valence-corrected chi connectivity index (χ2v) is 7.53. The van der Waals surface area contributed by atoms with Crippen molar-refractivity contribution in [2.24, 2.45) is 0 Å². The maximum atomic E-state index is 12.9. The highest BCUT2D eigenvalue weighted by atomic mass is 32.2. The fourth-order valence-electron chi connectivity index (χ4n) is 3.34. The van der Waals surface area contributed by atoms with Gasteiger partial charge in [-0.2, -0.15) is 0 Å². The molecule has 8 heteroatoms. The number of aromatic amines is 1. The van der Waals surface area contributed by atoms with Gasteiger partial charge in [0.1, 0.15) is 5.69 Å². The number of nitrogens with zero attached hydrogens (tertiary/aromatic N) is 2. The van der Waals surface area contributed by atoms with Crippen LogP contribution in [0.4, 0.5) is 0 Å². The number of para-hydroxylation sites is 2. The number of methoxy groups -OCH3 is 1. The number of imidazole rings is 1. The summed E-state index contributed by atoms with van der Waals surface area (Å²) in [4.78, 5) is 32.7. The zero-order valence-electron chi connectivity index (χ0n) is 17.1. The average Bonchev–Trinajstić information content (AvgIpc) is 3.21. The molecule has 154 valence electrons. The molecule has 0 saturated carbocycles. The minimum Gasteiger partial charge on any atom is -0.461 e. The molecule has 3 aromatic rings. The Balaban J connectivity index is 1.82. The molecular formula is C21H25N3O4S. The summed E-state index contributed by atoms with van der Waals surface area (Å²) in [5.74, 6) is -0.277. The molecule has 0 bridgehead atoms. The molecule has 0 radical (unpaired) electrons. The molecule has 2 heterocycles. The van der Waals surface area contributed by atoms with E-state index in [1.165, 1.54) is 11.8 Å². The Morgan fingerprint density at radius 1 is 1.24 bits per heavy atom. The molecule has 7 nitrogen and oxygen atoms in total. The van der Waals surface area contributed by atoms with Crippen LogP contribution in [0.1, 0.15) is 39.0 Å². The first-order chi connectivity index (χ1) is 14.0. The molecule has 0 aliphatic carbocycles. The van der Waals surface area contributed by atoms with E-state index in [4.69, 9.17) is 9.47 Å². The third-order valence-electron chi connectivity index (χ3n) is 4.67. The van der Waals surface area contributed by atoms with Gasteiger partial charge in [0.25, 0.3) is 0 Å². The van der Waals surface area contributed by atoms with Gasteiger partial charge in [-0.1, -0.05) is 23.9 Å². The smallest absolute Gasteiger partial charge is 0.355 e. The molecule has 1 N–H and O–H groups in total. The van der Waals surface area contributed by atoms with Crippen molar-refractivity contribution in [1.82, 2.24) is 14.5 Å². The highest BCUT2D eigenvalue weighted by Gasteiger charge is 2.23. The highest BCUT2D eigenvalue weighted by molar-refractivity contribution is 7.99. The molecule has 0 atom stereocenters. The van der Waals surface area contributed by atoms with Crippen molar-refractivity contribution >= 4 is 34.5 Å². The number of aryl methyl sites for hydroxylation is 1. The largest absolute Gasteiger partial charge is 0.461 e. The molecule has 0 saturated heterocycles. The topological polar surface area (TPSA) is 86.2 Å². The van der Waals surface area contributed by atoms with Crippen molar-refractivity contribution < 1.29 is 19.1 Å². The van der Waals surface area contributed by atoms with Crippen molar-refractivity contribution in [3.63, 3.8) is 0 Å². The summed E-state index contributed by atoms with van der Waals surface area (Å²) >= 11 is 1.39. The number of ether oxygens (including phenoxy) is 2. The molecule has 0 aliphatic rings. The Morgan fingerprint density at radius 2 is 2.00 bits per heavy atom. The third-order valence-corrected chi connectivity index (χ3v) is 5.64. The molecule has 0 spiro atoms. The van der Waals surface area contributed by atoms with E-state index in [2.05, 4.69) is 14.5 Å². The number of thioether (sulfide) groups is 1. The summed E-state index contributed by atoms with van der Waals surface area (Å²) in [6.45, 7) is 6.81. The van der Waals surface area contributed by atoms with Crippen LogP contribution in [-0.4, -0.2) is 52.4 Å². The number of aromatic nitrogens is 3. The van der Waals surface area contributed by atoms with E-state index in [0.717, 1.165) is 16.2 Å².